The average Bonchev–Trinajstić information content (AvgIpc) is 2.81. The molecule has 0 atom stereocenters. The smallest absolute Gasteiger partial charge is 0.364 e. The quantitative estimate of drug-likeness (QED) is 0.614. The van der Waals surface area contributed by atoms with Gasteiger partial charge in [0.15, 0.2) is 5.69 Å². The summed E-state index contributed by atoms with van der Waals surface area (Å²) < 4.78 is 0. The van der Waals surface area contributed by atoms with Gasteiger partial charge in [0.25, 0.3) is 0 Å². The van der Waals surface area contributed by atoms with Crippen LogP contribution in [0.4, 0.5) is 16.2 Å². The number of aromatic amines is 1. The summed E-state index contributed by atoms with van der Waals surface area (Å²) >= 11 is 0. The maximum Gasteiger partial charge on any atom is 0.364 e. The lowest BCUT2D eigenvalue weighted by Gasteiger charge is -1.98. The highest BCUT2D eigenvalue weighted by Crippen LogP contribution is 2.35. The van der Waals surface area contributed by atoms with Gasteiger partial charge in [0.2, 0.25) is 5.88 Å². The van der Waals surface area contributed by atoms with Crippen LogP contribution in [0, 0.1) is 0 Å². The second kappa shape index (κ2) is 5.46. The number of fused-ring (bicyclic) bond motifs is 1. The minimum atomic E-state index is -0.606. The zero-order valence-corrected chi connectivity index (χ0v) is 10.9. The minimum Gasteiger partial charge on any atom is -0.493 e. The maximum atomic E-state index is 11.7. The fourth-order valence-corrected chi connectivity index (χ4v) is 1.98. The van der Waals surface area contributed by atoms with E-state index in [9.17, 15) is 9.90 Å². The van der Waals surface area contributed by atoms with Crippen molar-refractivity contribution in [1.82, 2.24) is 4.98 Å². The van der Waals surface area contributed by atoms with Crippen LogP contribution in [0.1, 0.15) is 0 Å². The molecule has 0 aliphatic heterocycles. The van der Waals surface area contributed by atoms with Gasteiger partial charge in [-0.25, -0.2) is 4.79 Å². The maximum absolute atomic E-state index is 11.7. The van der Waals surface area contributed by atoms with Gasteiger partial charge in [-0.1, -0.05) is 41.5 Å². The largest absolute Gasteiger partial charge is 0.493 e. The van der Waals surface area contributed by atoms with Crippen molar-refractivity contribution in [3.63, 3.8) is 0 Å². The van der Waals surface area contributed by atoms with E-state index in [0.717, 1.165) is 5.52 Å². The van der Waals surface area contributed by atoms with Gasteiger partial charge in [0.1, 0.15) is 0 Å². The first kappa shape index (κ1) is 12.9. The number of aromatic hydroxyl groups is 1. The van der Waals surface area contributed by atoms with E-state index in [4.69, 9.17) is 0 Å². The van der Waals surface area contributed by atoms with Crippen LogP contribution in [0.15, 0.2) is 64.8 Å². The molecule has 2 aromatic carbocycles. The number of rotatable bonds is 2. The molecule has 3 N–H and O–H groups in total. The van der Waals surface area contributed by atoms with Crippen LogP contribution < -0.4 is 5.32 Å². The number of urea groups is 1. The number of benzene rings is 2. The Hall–Kier alpha value is -3.15. The Morgan fingerprint density at radius 1 is 1.05 bits per heavy atom. The fourth-order valence-electron chi connectivity index (χ4n) is 1.98. The van der Waals surface area contributed by atoms with Crippen molar-refractivity contribution in [2.45, 2.75) is 0 Å². The molecule has 21 heavy (non-hydrogen) atoms. The predicted octanol–water partition coefficient (Wildman–Crippen LogP) is 4.19. The lowest BCUT2D eigenvalue weighted by atomic mass is 10.2. The molecule has 6 nitrogen and oxygen atoms in total. The number of azo groups is 1. The third-order valence-electron chi connectivity index (χ3n) is 2.93. The number of nitrogens with one attached hydrogen (secondary N) is 2. The van der Waals surface area contributed by atoms with Gasteiger partial charge in [-0.2, -0.15) is 0 Å². The molecule has 3 aromatic rings. The standard InChI is InChI=1S/C15H12N4O2/c20-14-13(11-8-4-5-9-12(11)17-14)18-19-15(21)16-10-6-2-1-3-7-10/h1-9,17,20H,(H,16,21)/b19-18+. The van der Waals surface area contributed by atoms with Crippen molar-refractivity contribution in [2.24, 2.45) is 10.2 Å². The molecule has 0 radical (unpaired) electrons. The molecule has 0 unspecified atom stereocenters. The van der Waals surface area contributed by atoms with Crippen LogP contribution in [-0.2, 0) is 0 Å². The van der Waals surface area contributed by atoms with Crippen LogP contribution >= 0.6 is 0 Å². The van der Waals surface area contributed by atoms with E-state index in [0.29, 0.717) is 11.1 Å². The summed E-state index contributed by atoms with van der Waals surface area (Å²) in [5.74, 6) is -0.118. The van der Waals surface area contributed by atoms with Gasteiger partial charge < -0.3 is 15.4 Å². The van der Waals surface area contributed by atoms with E-state index in [2.05, 4.69) is 20.5 Å². The SMILES string of the molecule is O=C(/N=N/c1c(O)[nH]c2ccccc12)Nc1ccccc1. The first-order valence-electron chi connectivity index (χ1n) is 6.31. The molecular formula is C15H12N4O2. The van der Waals surface area contributed by atoms with Crippen molar-refractivity contribution < 1.29 is 9.90 Å². The summed E-state index contributed by atoms with van der Waals surface area (Å²) in [5.41, 5.74) is 1.60. The highest BCUT2D eigenvalue weighted by Gasteiger charge is 2.10. The number of carbonyl (C=O) groups is 1. The summed E-state index contributed by atoms with van der Waals surface area (Å²) in [6, 6.07) is 15.6. The third-order valence-corrected chi connectivity index (χ3v) is 2.93. The first-order chi connectivity index (χ1) is 10.2. The summed E-state index contributed by atoms with van der Waals surface area (Å²) in [7, 11) is 0. The van der Waals surface area contributed by atoms with Crippen molar-refractivity contribution >= 4 is 28.3 Å². The van der Waals surface area contributed by atoms with Gasteiger partial charge in [0, 0.05) is 11.1 Å². The normalized spacial score (nSPS) is 11.0. The highest BCUT2D eigenvalue weighted by molar-refractivity contribution is 5.95. The first-order valence-corrected chi connectivity index (χ1v) is 6.31. The molecule has 1 aromatic heterocycles. The van der Waals surface area contributed by atoms with Gasteiger partial charge in [-0.05, 0) is 18.2 Å². The Balaban J connectivity index is 1.81. The molecule has 6 heteroatoms. The van der Waals surface area contributed by atoms with E-state index in [1.54, 1.807) is 36.4 Å². The zero-order chi connectivity index (χ0) is 14.7. The lowest BCUT2D eigenvalue weighted by molar-refractivity contribution is 0.258. The van der Waals surface area contributed by atoms with Crippen LogP contribution in [0.3, 0.4) is 0 Å². The summed E-state index contributed by atoms with van der Waals surface area (Å²) in [6.07, 6.45) is 0. The second-order valence-electron chi connectivity index (χ2n) is 4.36. The molecule has 0 saturated carbocycles. The number of carbonyl (C=O) groups excluding carboxylic acids is 1. The topological polar surface area (TPSA) is 89.8 Å². The highest BCUT2D eigenvalue weighted by atomic mass is 16.3. The molecule has 0 fully saturated rings. The van der Waals surface area contributed by atoms with Gasteiger partial charge in [0.05, 0.1) is 5.52 Å². The van der Waals surface area contributed by atoms with E-state index < -0.39 is 6.03 Å². The summed E-state index contributed by atoms with van der Waals surface area (Å²) in [4.78, 5) is 14.5. The molecule has 0 saturated heterocycles. The van der Waals surface area contributed by atoms with E-state index in [1.807, 2.05) is 18.2 Å². The number of anilines is 1. The number of nitrogens with zero attached hydrogens (tertiary/aromatic N) is 2. The van der Waals surface area contributed by atoms with Gasteiger partial charge >= 0.3 is 6.03 Å². The van der Waals surface area contributed by atoms with Crippen LogP contribution in [0.5, 0.6) is 5.88 Å². The van der Waals surface area contributed by atoms with Crippen molar-refractivity contribution in [2.75, 3.05) is 5.32 Å². The molecule has 0 bridgehead atoms. The lowest BCUT2D eigenvalue weighted by Crippen LogP contribution is -2.04. The Kier molecular flexibility index (Phi) is 3.34. The van der Waals surface area contributed by atoms with Crippen molar-refractivity contribution in [3.05, 3.63) is 54.6 Å². The molecule has 104 valence electrons. The van der Waals surface area contributed by atoms with Crippen LogP contribution in [0.2, 0.25) is 0 Å². The summed E-state index contributed by atoms with van der Waals surface area (Å²) in [6.45, 7) is 0. The molecular weight excluding hydrogens is 268 g/mol. The second-order valence-corrected chi connectivity index (χ2v) is 4.36. The number of amides is 2. The molecule has 0 aliphatic rings. The molecule has 3 rings (SSSR count). The van der Waals surface area contributed by atoms with Crippen LogP contribution in [-0.4, -0.2) is 16.1 Å². The zero-order valence-electron chi connectivity index (χ0n) is 10.9. The Bertz CT molecular complexity index is 809. The van der Waals surface area contributed by atoms with E-state index in [1.165, 1.54) is 0 Å². The number of hydrogen-bond acceptors (Lipinski definition) is 3. The van der Waals surface area contributed by atoms with Crippen LogP contribution in [0.25, 0.3) is 10.9 Å². The van der Waals surface area contributed by atoms with Gasteiger partial charge in [-0.15, -0.1) is 5.11 Å². The monoisotopic (exact) mass is 280 g/mol. The van der Waals surface area contributed by atoms with Crippen molar-refractivity contribution in [3.8, 4) is 5.88 Å². The Morgan fingerprint density at radius 2 is 1.76 bits per heavy atom. The van der Waals surface area contributed by atoms with Crippen molar-refractivity contribution in [1.29, 1.82) is 0 Å². The fraction of sp³-hybridized carbons (Fsp3) is 0. The molecule has 0 spiro atoms. The van der Waals surface area contributed by atoms with Gasteiger partial charge in [-0.3, -0.25) is 0 Å². The summed E-state index contributed by atoms with van der Waals surface area (Å²) in [5, 5.41) is 20.5. The third kappa shape index (κ3) is 2.74. The number of para-hydroxylation sites is 2. The average molecular weight is 280 g/mol. The molecule has 0 aliphatic carbocycles. The number of hydrogen-bond donors (Lipinski definition) is 3. The minimum absolute atomic E-state index is 0.118. The Labute approximate surface area is 120 Å². The van der Waals surface area contributed by atoms with E-state index >= 15 is 0 Å². The number of aromatic nitrogens is 1. The number of H-pyrrole nitrogens is 1. The Morgan fingerprint density at radius 3 is 2.57 bits per heavy atom. The van der Waals surface area contributed by atoms with E-state index in [-0.39, 0.29) is 11.6 Å². The predicted molar refractivity (Wildman–Crippen MR) is 79.9 cm³/mol. The molecule has 2 amide bonds. The molecule has 1 heterocycles.